The van der Waals surface area contributed by atoms with Crippen molar-refractivity contribution in [1.29, 1.82) is 0 Å². The van der Waals surface area contributed by atoms with Crippen molar-refractivity contribution in [2.75, 3.05) is 52.3 Å². The van der Waals surface area contributed by atoms with Crippen LogP contribution in [0.15, 0.2) is 36.4 Å². The minimum absolute atomic E-state index is 0.0745. The number of carbonyl (C=O) groups is 1. The molecule has 1 aliphatic heterocycles. The Bertz CT molecular complexity index is 855. The number of amides is 1. The Morgan fingerprint density at radius 2 is 1.69 bits per heavy atom. The third-order valence-electron chi connectivity index (χ3n) is 4.90. The molecular formula is C21H25Cl2N3O3. The molecule has 0 bridgehead atoms. The van der Waals surface area contributed by atoms with Crippen LogP contribution in [-0.4, -0.2) is 62.7 Å². The second kappa shape index (κ2) is 10.2. The number of hydrogen-bond acceptors (Lipinski definition) is 5. The average Bonchev–Trinajstić information content (AvgIpc) is 2.72. The zero-order valence-electron chi connectivity index (χ0n) is 16.6. The van der Waals surface area contributed by atoms with E-state index in [-0.39, 0.29) is 5.91 Å². The number of nitrogens with zero attached hydrogens (tertiary/aromatic N) is 2. The number of benzene rings is 2. The predicted molar refractivity (Wildman–Crippen MR) is 116 cm³/mol. The molecule has 0 aromatic heterocycles. The van der Waals surface area contributed by atoms with Crippen molar-refractivity contribution in [2.24, 2.45) is 0 Å². The van der Waals surface area contributed by atoms with Gasteiger partial charge in [0.2, 0.25) is 5.91 Å². The fourth-order valence-corrected chi connectivity index (χ4v) is 3.63. The summed E-state index contributed by atoms with van der Waals surface area (Å²) in [4.78, 5) is 17.0. The zero-order chi connectivity index (χ0) is 20.8. The number of nitrogens with one attached hydrogen (secondary N) is 1. The van der Waals surface area contributed by atoms with E-state index in [1.807, 2.05) is 18.2 Å². The molecule has 1 saturated heterocycles. The summed E-state index contributed by atoms with van der Waals surface area (Å²) in [6, 6.07) is 11.1. The number of anilines is 1. The van der Waals surface area contributed by atoms with E-state index in [1.54, 1.807) is 32.4 Å². The van der Waals surface area contributed by atoms with E-state index in [0.29, 0.717) is 33.8 Å². The van der Waals surface area contributed by atoms with Gasteiger partial charge in [0, 0.05) is 38.8 Å². The topological polar surface area (TPSA) is 54.0 Å². The van der Waals surface area contributed by atoms with E-state index in [2.05, 4.69) is 15.1 Å². The molecule has 1 aliphatic rings. The molecule has 0 spiro atoms. The summed E-state index contributed by atoms with van der Waals surface area (Å²) in [5, 5.41) is 4.06. The van der Waals surface area contributed by atoms with E-state index >= 15 is 0 Å². The molecular weight excluding hydrogens is 413 g/mol. The van der Waals surface area contributed by atoms with Gasteiger partial charge in [0.05, 0.1) is 36.5 Å². The summed E-state index contributed by atoms with van der Waals surface area (Å²) in [6.45, 7) is 4.57. The van der Waals surface area contributed by atoms with Gasteiger partial charge in [-0.1, -0.05) is 29.3 Å². The molecule has 0 aliphatic carbocycles. The average molecular weight is 438 g/mol. The van der Waals surface area contributed by atoms with E-state index in [0.717, 1.165) is 38.3 Å². The summed E-state index contributed by atoms with van der Waals surface area (Å²) < 4.78 is 10.5. The molecule has 1 N–H and O–H groups in total. The van der Waals surface area contributed by atoms with Gasteiger partial charge in [-0.05, 0) is 29.8 Å². The van der Waals surface area contributed by atoms with Gasteiger partial charge in [-0.15, -0.1) is 0 Å². The number of piperazine rings is 1. The zero-order valence-corrected chi connectivity index (χ0v) is 18.1. The van der Waals surface area contributed by atoms with Gasteiger partial charge in [0.15, 0.2) is 0 Å². The fourth-order valence-electron chi connectivity index (χ4n) is 3.31. The lowest BCUT2D eigenvalue weighted by molar-refractivity contribution is -0.117. The number of methoxy groups -OCH3 is 2. The van der Waals surface area contributed by atoms with Crippen molar-refractivity contribution in [3.63, 3.8) is 0 Å². The van der Waals surface area contributed by atoms with Crippen molar-refractivity contribution in [1.82, 2.24) is 9.80 Å². The largest absolute Gasteiger partial charge is 0.497 e. The second-order valence-corrected chi connectivity index (χ2v) is 7.73. The maximum absolute atomic E-state index is 12.5. The molecule has 0 atom stereocenters. The molecule has 2 aromatic rings. The van der Waals surface area contributed by atoms with Crippen LogP contribution in [0.25, 0.3) is 0 Å². The molecule has 1 fully saturated rings. The van der Waals surface area contributed by atoms with Crippen molar-refractivity contribution < 1.29 is 14.3 Å². The monoisotopic (exact) mass is 437 g/mol. The molecule has 3 rings (SSSR count). The highest BCUT2D eigenvalue weighted by Gasteiger charge is 2.20. The van der Waals surface area contributed by atoms with Gasteiger partial charge in [-0.2, -0.15) is 0 Å². The lowest BCUT2D eigenvalue weighted by Crippen LogP contribution is -2.48. The third-order valence-corrected chi connectivity index (χ3v) is 5.64. The lowest BCUT2D eigenvalue weighted by atomic mass is 10.2. The molecule has 1 amide bonds. The normalized spacial score (nSPS) is 15.2. The van der Waals surface area contributed by atoms with E-state index < -0.39 is 0 Å². The maximum atomic E-state index is 12.5. The number of hydrogen-bond donors (Lipinski definition) is 1. The summed E-state index contributed by atoms with van der Waals surface area (Å²) in [6.07, 6.45) is 0. The van der Waals surface area contributed by atoms with Crippen LogP contribution in [0.5, 0.6) is 11.5 Å². The minimum Gasteiger partial charge on any atom is -0.497 e. The lowest BCUT2D eigenvalue weighted by Gasteiger charge is -2.34. The molecule has 0 unspecified atom stereocenters. The summed E-state index contributed by atoms with van der Waals surface area (Å²) in [5.74, 6) is 1.19. The minimum atomic E-state index is -0.0745. The van der Waals surface area contributed by atoms with Gasteiger partial charge < -0.3 is 14.8 Å². The first-order chi connectivity index (χ1) is 14.0. The highest BCUT2D eigenvalue weighted by molar-refractivity contribution is 6.42. The molecule has 2 aromatic carbocycles. The summed E-state index contributed by atoms with van der Waals surface area (Å²) in [5.41, 5.74) is 1.74. The van der Waals surface area contributed by atoms with Crippen molar-refractivity contribution in [2.45, 2.75) is 6.54 Å². The van der Waals surface area contributed by atoms with Crippen LogP contribution in [0.3, 0.4) is 0 Å². The van der Waals surface area contributed by atoms with Crippen LogP contribution >= 0.6 is 23.2 Å². The Kier molecular flexibility index (Phi) is 7.61. The molecule has 156 valence electrons. The van der Waals surface area contributed by atoms with Crippen LogP contribution in [0.4, 0.5) is 5.69 Å². The first-order valence-electron chi connectivity index (χ1n) is 9.39. The van der Waals surface area contributed by atoms with Gasteiger partial charge in [-0.25, -0.2) is 0 Å². The van der Waals surface area contributed by atoms with E-state index in [1.165, 1.54) is 0 Å². The van der Waals surface area contributed by atoms with Crippen LogP contribution in [0, 0.1) is 0 Å². The smallest absolute Gasteiger partial charge is 0.238 e. The van der Waals surface area contributed by atoms with Crippen LogP contribution in [-0.2, 0) is 11.3 Å². The van der Waals surface area contributed by atoms with E-state index in [9.17, 15) is 4.79 Å². The number of carbonyl (C=O) groups excluding carboxylic acids is 1. The number of ether oxygens (including phenoxy) is 2. The van der Waals surface area contributed by atoms with Gasteiger partial charge >= 0.3 is 0 Å². The summed E-state index contributed by atoms with van der Waals surface area (Å²) >= 11 is 12.1. The van der Waals surface area contributed by atoms with Crippen LogP contribution < -0.4 is 14.8 Å². The van der Waals surface area contributed by atoms with Crippen molar-refractivity contribution in [3.05, 3.63) is 52.0 Å². The van der Waals surface area contributed by atoms with Gasteiger partial charge in [0.1, 0.15) is 11.5 Å². The summed E-state index contributed by atoms with van der Waals surface area (Å²) in [7, 11) is 3.16. The number of halogens is 2. The van der Waals surface area contributed by atoms with Gasteiger partial charge in [0.25, 0.3) is 0 Å². The fraction of sp³-hybridized carbons (Fsp3) is 0.381. The third kappa shape index (κ3) is 6.00. The molecule has 6 nitrogen and oxygen atoms in total. The Morgan fingerprint density at radius 3 is 2.34 bits per heavy atom. The SMILES string of the molecule is COc1ccc(OC)c(NC(=O)CN2CCN(Cc3ccc(Cl)c(Cl)c3)CC2)c1. The Morgan fingerprint density at radius 1 is 0.966 bits per heavy atom. The molecule has 1 heterocycles. The van der Waals surface area contributed by atoms with Crippen molar-refractivity contribution in [3.8, 4) is 11.5 Å². The van der Waals surface area contributed by atoms with Gasteiger partial charge in [-0.3, -0.25) is 14.6 Å². The predicted octanol–water partition coefficient (Wildman–Crippen LogP) is 3.77. The molecule has 0 saturated carbocycles. The number of rotatable bonds is 7. The molecule has 8 heteroatoms. The Hall–Kier alpha value is -1.99. The first kappa shape index (κ1) is 21.7. The van der Waals surface area contributed by atoms with E-state index in [4.69, 9.17) is 32.7 Å². The van der Waals surface area contributed by atoms with Crippen LogP contribution in [0.2, 0.25) is 10.0 Å². The first-order valence-corrected chi connectivity index (χ1v) is 10.1. The maximum Gasteiger partial charge on any atom is 0.238 e. The highest BCUT2D eigenvalue weighted by atomic mass is 35.5. The molecule has 0 radical (unpaired) electrons. The van der Waals surface area contributed by atoms with Crippen LogP contribution in [0.1, 0.15) is 5.56 Å². The quantitative estimate of drug-likeness (QED) is 0.714. The van der Waals surface area contributed by atoms with Crippen molar-refractivity contribution >= 4 is 34.8 Å². The highest BCUT2D eigenvalue weighted by Crippen LogP contribution is 2.29. The standard InChI is InChI=1S/C21H25Cl2N3O3/c1-28-16-4-6-20(29-2)19(12-16)24-21(27)14-26-9-7-25(8-10-26)13-15-3-5-17(22)18(23)11-15/h3-6,11-12H,7-10,13-14H2,1-2H3,(H,24,27). The Labute approximate surface area is 181 Å². The second-order valence-electron chi connectivity index (χ2n) is 6.92. The molecule has 29 heavy (non-hydrogen) atoms. The Balaban J connectivity index is 1.49.